The van der Waals surface area contributed by atoms with E-state index in [1.54, 1.807) is 36.4 Å². The summed E-state index contributed by atoms with van der Waals surface area (Å²) in [5.74, 6) is -2.23. The second-order valence-corrected chi connectivity index (χ2v) is 8.07. The largest absolute Gasteiger partial charge is 0.508 e. The Labute approximate surface area is 186 Å². The van der Waals surface area contributed by atoms with Crippen LogP contribution in [0.4, 0.5) is 4.39 Å². The number of hydrogen-bond acceptors (Lipinski definition) is 4. The van der Waals surface area contributed by atoms with E-state index < -0.39 is 23.5 Å². The van der Waals surface area contributed by atoms with Crippen molar-refractivity contribution in [3.8, 4) is 5.75 Å². The summed E-state index contributed by atoms with van der Waals surface area (Å²) in [5.41, 5.74) is 1.54. The molecule has 2 N–H and O–H groups in total. The van der Waals surface area contributed by atoms with Crippen molar-refractivity contribution in [1.82, 2.24) is 4.90 Å². The fraction of sp³-hybridized carbons (Fsp3) is 0.0833. The van der Waals surface area contributed by atoms with Gasteiger partial charge in [0.25, 0.3) is 11.7 Å². The minimum absolute atomic E-state index is 0.0344. The molecule has 1 atom stereocenters. The van der Waals surface area contributed by atoms with E-state index in [1.165, 1.54) is 41.3 Å². The van der Waals surface area contributed by atoms with E-state index in [4.69, 9.17) is 0 Å². The van der Waals surface area contributed by atoms with E-state index in [0.717, 1.165) is 4.47 Å². The Hall–Kier alpha value is -3.45. The summed E-state index contributed by atoms with van der Waals surface area (Å²) in [6.07, 6.45) is 0. The minimum atomic E-state index is -0.866. The summed E-state index contributed by atoms with van der Waals surface area (Å²) >= 11 is 3.33. The van der Waals surface area contributed by atoms with Crippen LogP contribution in [0.5, 0.6) is 5.75 Å². The Morgan fingerprint density at radius 3 is 2.16 bits per heavy atom. The molecule has 1 heterocycles. The minimum Gasteiger partial charge on any atom is -0.508 e. The first-order valence-electron chi connectivity index (χ1n) is 9.43. The fourth-order valence-corrected chi connectivity index (χ4v) is 3.86. The van der Waals surface area contributed by atoms with E-state index in [1.807, 2.05) is 0 Å². The van der Waals surface area contributed by atoms with Crippen molar-refractivity contribution in [3.63, 3.8) is 0 Å². The highest BCUT2D eigenvalue weighted by atomic mass is 79.9. The number of ketones is 1. The number of aromatic hydroxyl groups is 1. The van der Waals surface area contributed by atoms with Gasteiger partial charge in [0.2, 0.25) is 0 Å². The summed E-state index contributed by atoms with van der Waals surface area (Å²) in [4.78, 5) is 27.2. The number of hydrogen-bond donors (Lipinski definition) is 2. The third-order valence-corrected chi connectivity index (χ3v) is 5.66. The van der Waals surface area contributed by atoms with E-state index >= 15 is 0 Å². The molecule has 0 aromatic heterocycles. The number of carbonyl (C=O) groups excluding carboxylic acids is 2. The van der Waals surface area contributed by atoms with E-state index in [9.17, 15) is 24.2 Å². The number of likely N-dealkylation sites (tertiary alicyclic amines) is 1. The van der Waals surface area contributed by atoms with Gasteiger partial charge in [-0.1, -0.05) is 52.3 Å². The highest BCUT2D eigenvalue weighted by Gasteiger charge is 2.46. The number of carbonyl (C=O) groups is 2. The Balaban J connectivity index is 1.84. The number of aliphatic hydroxyl groups is 1. The van der Waals surface area contributed by atoms with Gasteiger partial charge in [-0.3, -0.25) is 9.59 Å². The van der Waals surface area contributed by atoms with Crippen molar-refractivity contribution < 1.29 is 24.2 Å². The normalized spacial score (nSPS) is 17.9. The molecule has 31 heavy (non-hydrogen) atoms. The number of Topliss-reactive ketones (excluding diaryl/α,β-unsaturated/α-hetero) is 1. The van der Waals surface area contributed by atoms with Gasteiger partial charge >= 0.3 is 0 Å². The number of benzene rings is 3. The third-order valence-electron chi connectivity index (χ3n) is 5.13. The maximum Gasteiger partial charge on any atom is 0.295 e. The van der Waals surface area contributed by atoms with Gasteiger partial charge in [-0.15, -0.1) is 0 Å². The highest BCUT2D eigenvalue weighted by Crippen LogP contribution is 2.40. The second kappa shape index (κ2) is 8.35. The van der Waals surface area contributed by atoms with Crippen LogP contribution >= 0.6 is 15.9 Å². The number of rotatable bonds is 4. The maximum atomic E-state index is 13.3. The lowest BCUT2D eigenvalue weighted by Gasteiger charge is -2.25. The van der Waals surface area contributed by atoms with Gasteiger partial charge in [0.05, 0.1) is 11.6 Å². The molecule has 1 aliphatic heterocycles. The molecule has 3 aromatic carbocycles. The molecule has 4 rings (SSSR count). The molecule has 3 aromatic rings. The molecule has 156 valence electrons. The van der Waals surface area contributed by atoms with E-state index in [-0.39, 0.29) is 23.6 Å². The van der Waals surface area contributed by atoms with Crippen LogP contribution < -0.4 is 0 Å². The van der Waals surface area contributed by atoms with Crippen molar-refractivity contribution in [1.29, 1.82) is 0 Å². The van der Waals surface area contributed by atoms with Crippen LogP contribution in [0.3, 0.4) is 0 Å². The average Bonchev–Trinajstić information content (AvgIpc) is 3.01. The van der Waals surface area contributed by atoms with Gasteiger partial charge in [-0.25, -0.2) is 4.39 Å². The Morgan fingerprint density at radius 1 is 0.935 bits per heavy atom. The highest BCUT2D eigenvalue weighted by molar-refractivity contribution is 9.10. The molecule has 0 aliphatic carbocycles. The van der Waals surface area contributed by atoms with Gasteiger partial charge in [0, 0.05) is 16.6 Å². The molecule has 1 fully saturated rings. The molecule has 0 bridgehead atoms. The molecule has 1 aliphatic rings. The Bertz CT molecular complexity index is 1170. The van der Waals surface area contributed by atoms with Crippen LogP contribution in [0.1, 0.15) is 22.7 Å². The maximum absolute atomic E-state index is 13.3. The van der Waals surface area contributed by atoms with Gasteiger partial charge in [0.15, 0.2) is 0 Å². The molecule has 0 radical (unpaired) electrons. The SMILES string of the molecule is O=C1C(=O)N(Cc2ccc(F)cc2)C(c2ccc(O)cc2)/C1=C(/O)c1ccc(Br)cc1. The zero-order chi connectivity index (χ0) is 22.1. The smallest absolute Gasteiger partial charge is 0.295 e. The van der Waals surface area contributed by atoms with Crippen LogP contribution in [0.15, 0.2) is 82.8 Å². The second-order valence-electron chi connectivity index (χ2n) is 7.15. The van der Waals surface area contributed by atoms with Crippen LogP contribution in [-0.2, 0) is 16.1 Å². The van der Waals surface area contributed by atoms with Crippen molar-refractivity contribution >= 4 is 33.4 Å². The van der Waals surface area contributed by atoms with E-state index in [0.29, 0.717) is 16.7 Å². The number of phenolic OH excluding ortho intramolecular Hbond substituents is 1. The molecular weight excluding hydrogens is 465 g/mol. The lowest BCUT2D eigenvalue weighted by molar-refractivity contribution is -0.140. The quantitative estimate of drug-likeness (QED) is 0.315. The van der Waals surface area contributed by atoms with Crippen LogP contribution in [0.25, 0.3) is 5.76 Å². The molecule has 0 spiro atoms. The summed E-state index contributed by atoms with van der Waals surface area (Å²) < 4.78 is 14.1. The number of amides is 1. The lowest BCUT2D eigenvalue weighted by Crippen LogP contribution is -2.29. The zero-order valence-corrected chi connectivity index (χ0v) is 17.7. The standard InChI is InChI=1S/C24H17BrFNO4/c25-17-7-3-16(4-8-17)22(29)20-21(15-5-11-19(28)12-6-15)27(24(31)23(20)30)13-14-1-9-18(26)10-2-14/h1-12,21,28-29H,13H2/b22-20-. The van der Waals surface area contributed by atoms with Gasteiger partial charge in [-0.2, -0.15) is 0 Å². The van der Waals surface area contributed by atoms with Gasteiger partial charge < -0.3 is 15.1 Å². The first kappa shape index (κ1) is 20.8. The molecule has 7 heteroatoms. The van der Waals surface area contributed by atoms with Crippen LogP contribution in [-0.4, -0.2) is 26.8 Å². The molecular formula is C24H17BrFNO4. The Kier molecular flexibility index (Phi) is 5.61. The average molecular weight is 482 g/mol. The van der Waals surface area contributed by atoms with Crippen molar-refractivity contribution in [2.45, 2.75) is 12.6 Å². The summed E-state index contributed by atoms with van der Waals surface area (Å²) in [6.45, 7) is 0.0491. The van der Waals surface area contributed by atoms with E-state index in [2.05, 4.69) is 15.9 Å². The Morgan fingerprint density at radius 2 is 1.55 bits per heavy atom. The topological polar surface area (TPSA) is 77.8 Å². The van der Waals surface area contributed by atoms with Crippen molar-refractivity contribution in [2.75, 3.05) is 0 Å². The molecule has 0 saturated carbocycles. The predicted octanol–water partition coefficient (Wildman–Crippen LogP) is 4.92. The molecule has 1 unspecified atom stereocenters. The van der Waals surface area contributed by atoms with Crippen LogP contribution in [0, 0.1) is 5.82 Å². The molecule has 1 saturated heterocycles. The summed E-state index contributed by atoms with van der Waals surface area (Å²) in [5, 5.41) is 20.6. The molecule has 5 nitrogen and oxygen atoms in total. The fourth-order valence-electron chi connectivity index (χ4n) is 3.60. The predicted molar refractivity (Wildman–Crippen MR) is 116 cm³/mol. The van der Waals surface area contributed by atoms with Crippen LogP contribution in [0.2, 0.25) is 0 Å². The van der Waals surface area contributed by atoms with Crippen molar-refractivity contribution in [3.05, 3.63) is 105 Å². The summed E-state index contributed by atoms with van der Waals surface area (Å²) in [7, 11) is 0. The lowest BCUT2D eigenvalue weighted by atomic mass is 9.95. The molecule has 1 amide bonds. The number of nitrogens with zero attached hydrogens (tertiary/aromatic N) is 1. The third kappa shape index (κ3) is 4.09. The first-order chi connectivity index (χ1) is 14.8. The first-order valence-corrected chi connectivity index (χ1v) is 10.2. The zero-order valence-electron chi connectivity index (χ0n) is 16.1. The number of aliphatic hydroxyl groups excluding tert-OH is 1. The number of phenols is 1. The van der Waals surface area contributed by atoms with Gasteiger partial charge in [0.1, 0.15) is 17.3 Å². The van der Waals surface area contributed by atoms with Gasteiger partial charge in [-0.05, 0) is 47.5 Å². The summed E-state index contributed by atoms with van der Waals surface area (Å²) in [6, 6.07) is 17.6. The monoisotopic (exact) mass is 481 g/mol. The van der Waals surface area contributed by atoms with Crippen molar-refractivity contribution in [2.24, 2.45) is 0 Å². The number of halogens is 2.